The summed E-state index contributed by atoms with van der Waals surface area (Å²) in [7, 11) is 0. The number of anilines is 1. The average molecular weight is 364 g/mol. The molecule has 2 heterocycles. The van der Waals surface area contributed by atoms with Crippen molar-refractivity contribution in [2.45, 2.75) is 58.2 Å². The zero-order valence-electron chi connectivity index (χ0n) is 15.1. The Morgan fingerprint density at radius 1 is 1.31 bits per heavy atom. The molecule has 4 rings (SSSR count). The molecule has 0 radical (unpaired) electrons. The number of halogens is 3. The van der Waals surface area contributed by atoms with Crippen molar-refractivity contribution in [2.75, 3.05) is 5.73 Å². The van der Waals surface area contributed by atoms with Crippen LogP contribution in [0.2, 0.25) is 0 Å². The summed E-state index contributed by atoms with van der Waals surface area (Å²) in [5.74, 6) is 0.609. The Hall–Kier alpha value is -2.05. The van der Waals surface area contributed by atoms with E-state index in [1.807, 2.05) is 24.6 Å². The van der Waals surface area contributed by atoms with E-state index in [-0.39, 0.29) is 6.04 Å². The average Bonchev–Trinajstić information content (AvgIpc) is 2.92. The maximum absolute atomic E-state index is 13.2. The van der Waals surface area contributed by atoms with E-state index in [9.17, 15) is 13.2 Å². The molecule has 0 aliphatic heterocycles. The van der Waals surface area contributed by atoms with E-state index < -0.39 is 17.6 Å². The molecule has 26 heavy (non-hydrogen) atoms. The molecule has 3 atom stereocenters. The van der Waals surface area contributed by atoms with Crippen LogP contribution in [0.5, 0.6) is 0 Å². The number of aromatic nitrogens is 3. The summed E-state index contributed by atoms with van der Waals surface area (Å²) >= 11 is 0. The molecule has 140 valence electrons. The summed E-state index contributed by atoms with van der Waals surface area (Å²) in [5, 5.41) is 4.62. The predicted molar refractivity (Wildman–Crippen MR) is 93.4 cm³/mol. The van der Waals surface area contributed by atoms with Gasteiger partial charge in [-0.15, -0.1) is 0 Å². The normalized spacial score (nSPS) is 27.8. The quantitative estimate of drug-likeness (QED) is 0.831. The van der Waals surface area contributed by atoms with E-state index in [1.54, 1.807) is 0 Å². The fourth-order valence-corrected chi connectivity index (χ4v) is 4.78. The second kappa shape index (κ2) is 5.47. The van der Waals surface area contributed by atoms with Gasteiger partial charge in [-0.1, -0.05) is 13.3 Å². The Bertz CT molecular complexity index is 855. The maximum Gasteiger partial charge on any atom is 0.419 e. The first-order valence-corrected chi connectivity index (χ1v) is 9.05. The number of hydrogen-bond acceptors (Lipinski definition) is 3. The highest BCUT2D eigenvalue weighted by Crippen LogP contribution is 2.73. The Morgan fingerprint density at radius 3 is 2.62 bits per heavy atom. The number of nitrogen functional groups attached to an aromatic ring is 1. The van der Waals surface area contributed by atoms with Crippen LogP contribution in [0.25, 0.3) is 11.3 Å². The molecular weight excluding hydrogens is 341 g/mol. The molecule has 2 aromatic heterocycles. The van der Waals surface area contributed by atoms with Crippen LogP contribution in [0.15, 0.2) is 18.3 Å². The van der Waals surface area contributed by atoms with Gasteiger partial charge in [0, 0.05) is 29.4 Å². The summed E-state index contributed by atoms with van der Waals surface area (Å²) in [6.07, 6.45) is 0.537. The molecule has 0 bridgehead atoms. The topological polar surface area (TPSA) is 56.7 Å². The Labute approximate surface area is 150 Å². The highest BCUT2D eigenvalue weighted by atomic mass is 19.4. The lowest BCUT2D eigenvalue weighted by molar-refractivity contribution is -0.137. The Balaban J connectivity index is 1.76. The molecule has 0 aromatic carbocycles. The van der Waals surface area contributed by atoms with Crippen LogP contribution in [0.1, 0.15) is 63.3 Å². The fourth-order valence-electron chi connectivity index (χ4n) is 4.78. The van der Waals surface area contributed by atoms with Crippen molar-refractivity contribution in [3.63, 3.8) is 0 Å². The lowest BCUT2D eigenvalue weighted by Crippen LogP contribution is -2.11. The van der Waals surface area contributed by atoms with E-state index in [2.05, 4.69) is 17.0 Å². The summed E-state index contributed by atoms with van der Waals surface area (Å²) in [5.41, 5.74) is 6.84. The minimum Gasteiger partial charge on any atom is -0.383 e. The van der Waals surface area contributed by atoms with E-state index >= 15 is 0 Å². The predicted octanol–water partition coefficient (Wildman–Crippen LogP) is 5.03. The molecule has 2 fully saturated rings. The van der Waals surface area contributed by atoms with Crippen molar-refractivity contribution in [3.05, 3.63) is 29.6 Å². The Kier molecular flexibility index (Phi) is 3.66. The van der Waals surface area contributed by atoms with Gasteiger partial charge in [0.15, 0.2) is 0 Å². The summed E-state index contributed by atoms with van der Waals surface area (Å²) in [6.45, 7) is 6.41. The van der Waals surface area contributed by atoms with E-state index in [1.165, 1.54) is 25.5 Å². The first-order valence-electron chi connectivity index (χ1n) is 9.05. The molecule has 0 spiro atoms. The number of nitrogens with zero attached hydrogens (tertiary/aromatic N) is 3. The largest absolute Gasteiger partial charge is 0.419 e. The molecule has 7 heteroatoms. The van der Waals surface area contributed by atoms with Crippen LogP contribution in [-0.2, 0) is 6.18 Å². The van der Waals surface area contributed by atoms with Crippen molar-refractivity contribution in [2.24, 2.45) is 11.3 Å². The van der Waals surface area contributed by atoms with Gasteiger partial charge in [0.05, 0.1) is 11.3 Å². The molecule has 0 saturated heterocycles. The maximum atomic E-state index is 13.2. The molecule has 2 N–H and O–H groups in total. The van der Waals surface area contributed by atoms with Crippen molar-refractivity contribution >= 4 is 5.82 Å². The van der Waals surface area contributed by atoms with Gasteiger partial charge in [-0.05, 0) is 50.2 Å². The second-order valence-electron chi connectivity index (χ2n) is 8.13. The van der Waals surface area contributed by atoms with E-state index in [0.29, 0.717) is 28.5 Å². The number of pyridine rings is 1. The standard InChI is InChI=1S/C19H23F3N4/c1-10(2)26-15(16-12-5-4-6-18(12,16)3)8-14(25-26)11-7-13(19(20,21)22)17(23)24-9-11/h7-10,12,16H,4-6H2,1-3H3,(H2,23,24)/t12-,16-,18?/m0/s1. The van der Waals surface area contributed by atoms with E-state index in [0.717, 1.165) is 11.8 Å². The second-order valence-corrected chi connectivity index (χ2v) is 8.13. The highest BCUT2D eigenvalue weighted by Gasteiger charge is 2.64. The molecule has 4 nitrogen and oxygen atoms in total. The molecule has 2 saturated carbocycles. The third kappa shape index (κ3) is 2.51. The number of nitrogens with two attached hydrogens (primary N) is 1. The minimum absolute atomic E-state index is 0.146. The summed E-state index contributed by atoms with van der Waals surface area (Å²) < 4.78 is 41.4. The van der Waals surface area contributed by atoms with Crippen LogP contribution in [0.4, 0.5) is 19.0 Å². The number of alkyl halides is 3. The smallest absolute Gasteiger partial charge is 0.383 e. The minimum atomic E-state index is -4.53. The van der Waals surface area contributed by atoms with Gasteiger partial charge in [0.1, 0.15) is 5.82 Å². The van der Waals surface area contributed by atoms with Crippen LogP contribution in [-0.4, -0.2) is 14.8 Å². The number of hydrogen-bond donors (Lipinski definition) is 1. The van der Waals surface area contributed by atoms with Crippen LogP contribution >= 0.6 is 0 Å². The zero-order chi connectivity index (χ0) is 18.9. The zero-order valence-corrected chi connectivity index (χ0v) is 15.1. The third-order valence-electron chi connectivity index (χ3n) is 6.17. The molecule has 0 amide bonds. The highest BCUT2D eigenvalue weighted by molar-refractivity contribution is 5.63. The van der Waals surface area contributed by atoms with Crippen molar-refractivity contribution < 1.29 is 13.2 Å². The molecular formula is C19H23F3N4. The van der Waals surface area contributed by atoms with Gasteiger partial charge in [-0.2, -0.15) is 18.3 Å². The van der Waals surface area contributed by atoms with Gasteiger partial charge in [-0.25, -0.2) is 4.98 Å². The first-order chi connectivity index (χ1) is 12.1. The van der Waals surface area contributed by atoms with Gasteiger partial charge in [0.25, 0.3) is 0 Å². The van der Waals surface area contributed by atoms with Gasteiger partial charge < -0.3 is 5.73 Å². The SMILES string of the molecule is CC(C)n1nc(-c2cnc(N)c(C(F)(F)F)c2)cc1[C@@H]1[C@@H]2CCCC12C. The molecule has 1 unspecified atom stereocenters. The van der Waals surface area contributed by atoms with Crippen molar-refractivity contribution in [3.8, 4) is 11.3 Å². The molecule has 2 aromatic rings. The van der Waals surface area contributed by atoms with Gasteiger partial charge in [-0.3, -0.25) is 4.68 Å². The monoisotopic (exact) mass is 364 g/mol. The molecule has 2 aliphatic carbocycles. The van der Waals surface area contributed by atoms with Crippen molar-refractivity contribution in [1.82, 2.24) is 14.8 Å². The lowest BCUT2D eigenvalue weighted by Gasteiger charge is -2.14. The van der Waals surface area contributed by atoms with Gasteiger partial charge in [0.2, 0.25) is 0 Å². The third-order valence-corrected chi connectivity index (χ3v) is 6.17. The van der Waals surface area contributed by atoms with E-state index in [4.69, 9.17) is 5.73 Å². The molecule has 2 aliphatic rings. The number of fused-ring (bicyclic) bond motifs is 1. The van der Waals surface area contributed by atoms with Crippen LogP contribution in [0, 0.1) is 11.3 Å². The van der Waals surface area contributed by atoms with Crippen LogP contribution < -0.4 is 5.73 Å². The fraction of sp³-hybridized carbons (Fsp3) is 0.579. The lowest BCUT2D eigenvalue weighted by atomic mass is 9.99. The first kappa shape index (κ1) is 17.4. The van der Waals surface area contributed by atoms with Crippen LogP contribution in [0.3, 0.4) is 0 Å². The summed E-state index contributed by atoms with van der Waals surface area (Å²) in [6, 6.07) is 3.14. The number of rotatable bonds is 3. The summed E-state index contributed by atoms with van der Waals surface area (Å²) in [4.78, 5) is 3.75. The van der Waals surface area contributed by atoms with Gasteiger partial charge >= 0.3 is 6.18 Å². The Morgan fingerprint density at radius 2 is 2.04 bits per heavy atom. The van der Waals surface area contributed by atoms with Crippen molar-refractivity contribution in [1.29, 1.82) is 0 Å².